The van der Waals surface area contributed by atoms with Crippen LogP contribution in [0.5, 0.6) is 0 Å². The van der Waals surface area contributed by atoms with Crippen molar-refractivity contribution in [3.05, 3.63) is 47.8 Å². The first-order valence-corrected chi connectivity index (χ1v) is 10.4. The average Bonchev–Trinajstić information content (AvgIpc) is 2.94. The van der Waals surface area contributed by atoms with Gasteiger partial charge in [0.25, 0.3) is 5.91 Å². The van der Waals surface area contributed by atoms with Gasteiger partial charge in [-0.1, -0.05) is 26.0 Å². The fourth-order valence-corrected chi connectivity index (χ4v) is 4.47. The molecule has 26 heavy (non-hydrogen) atoms. The zero-order valence-electron chi connectivity index (χ0n) is 14.8. The van der Waals surface area contributed by atoms with Crippen LogP contribution in [0.15, 0.2) is 36.5 Å². The highest BCUT2D eigenvalue weighted by molar-refractivity contribution is 7.91. The molecule has 1 aromatic heterocycles. The highest BCUT2D eigenvalue weighted by Gasteiger charge is 2.29. The van der Waals surface area contributed by atoms with Crippen molar-refractivity contribution >= 4 is 27.4 Å². The first-order chi connectivity index (χ1) is 12.3. The van der Waals surface area contributed by atoms with Crippen LogP contribution in [0.3, 0.4) is 0 Å². The molecular formula is C18H22N4O3S. The third-order valence-electron chi connectivity index (χ3n) is 4.29. The molecular weight excluding hydrogens is 352 g/mol. The van der Waals surface area contributed by atoms with Crippen molar-refractivity contribution in [2.24, 2.45) is 0 Å². The van der Waals surface area contributed by atoms with Gasteiger partial charge >= 0.3 is 0 Å². The van der Waals surface area contributed by atoms with Crippen molar-refractivity contribution in [2.75, 3.05) is 16.8 Å². The molecule has 7 nitrogen and oxygen atoms in total. The average molecular weight is 374 g/mol. The number of anilines is 2. The minimum Gasteiger partial charge on any atom is -0.347 e. The van der Waals surface area contributed by atoms with Gasteiger partial charge in [0.15, 0.2) is 9.84 Å². The second-order valence-electron chi connectivity index (χ2n) is 6.74. The van der Waals surface area contributed by atoms with Crippen molar-refractivity contribution in [2.45, 2.75) is 32.2 Å². The molecule has 0 radical (unpaired) electrons. The molecule has 2 aromatic rings. The molecule has 1 atom stereocenters. The second-order valence-corrected chi connectivity index (χ2v) is 8.97. The summed E-state index contributed by atoms with van der Waals surface area (Å²) in [5.74, 6) is 0.464. The molecule has 1 aromatic carbocycles. The van der Waals surface area contributed by atoms with Gasteiger partial charge < -0.3 is 10.6 Å². The predicted molar refractivity (Wildman–Crippen MR) is 100 cm³/mol. The molecule has 1 aliphatic heterocycles. The number of carbonyl (C=O) groups excluding carboxylic acids is 1. The third kappa shape index (κ3) is 4.57. The van der Waals surface area contributed by atoms with Crippen molar-refractivity contribution in [1.29, 1.82) is 0 Å². The monoisotopic (exact) mass is 374 g/mol. The number of rotatable bonds is 5. The van der Waals surface area contributed by atoms with Gasteiger partial charge in [0.05, 0.1) is 11.5 Å². The Bertz CT molecular complexity index is 895. The van der Waals surface area contributed by atoms with E-state index in [9.17, 15) is 13.2 Å². The van der Waals surface area contributed by atoms with Crippen LogP contribution in [-0.4, -0.2) is 41.8 Å². The molecule has 2 heterocycles. The minimum absolute atomic E-state index is 0.0167. The van der Waals surface area contributed by atoms with Gasteiger partial charge in [-0.3, -0.25) is 4.79 Å². The molecule has 0 bridgehead atoms. The summed E-state index contributed by atoms with van der Waals surface area (Å²) in [4.78, 5) is 20.7. The highest BCUT2D eigenvalue weighted by atomic mass is 32.2. The van der Waals surface area contributed by atoms with Crippen LogP contribution in [-0.2, 0) is 9.84 Å². The summed E-state index contributed by atoms with van der Waals surface area (Å²) in [5.41, 5.74) is 2.26. The SMILES string of the molecule is CC(C)c1ccc(Nc2nccc(C(=O)NC3CCS(=O)(=O)C3)n2)cc1. The largest absolute Gasteiger partial charge is 0.347 e. The summed E-state index contributed by atoms with van der Waals surface area (Å²) in [5, 5.41) is 5.80. The fraction of sp³-hybridized carbons (Fsp3) is 0.389. The molecule has 8 heteroatoms. The molecule has 138 valence electrons. The molecule has 1 fully saturated rings. The first-order valence-electron chi connectivity index (χ1n) is 8.54. The van der Waals surface area contributed by atoms with Crippen molar-refractivity contribution < 1.29 is 13.2 Å². The molecule has 1 aliphatic rings. The van der Waals surface area contributed by atoms with E-state index in [1.807, 2.05) is 24.3 Å². The summed E-state index contributed by atoms with van der Waals surface area (Å²) in [6.45, 7) is 4.26. The molecule has 1 unspecified atom stereocenters. The lowest BCUT2D eigenvalue weighted by Crippen LogP contribution is -2.36. The number of amides is 1. The van der Waals surface area contributed by atoms with E-state index in [0.717, 1.165) is 5.69 Å². The summed E-state index contributed by atoms with van der Waals surface area (Å²) in [7, 11) is -3.04. The number of carbonyl (C=O) groups is 1. The number of hydrogen-bond donors (Lipinski definition) is 2. The Morgan fingerprint density at radius 2 is 1.92 bits per heavy atom. The molecule has 1 saturated heterocycles. The van der Waals surface area contributed by atoms with E-state index in [0.29, 0.717) is 18.3 Å². The van der Waals surface area contributed by atoms with E-state index in [2.05, 4.69) is 34.4 Å². The van der Waals surface area contributed by atoms with Crippen molar-refractivity contribution in [3.63, 3.8) is 0 Å². The standard InChI is InChI=1S/C18H22N4O3S/c1-12(2)13-3-5-14(6-4-13)21-18-19-9-7-16(22-18)17(23)20-15-8-10-26(24,25)11-15/h3-7,9,12,15H,8,10-11H2,1-2H3,(H,20,23)(H,19,21,22). The lowest BCUT2D eigenvalue weighted by Gasteiger charge is -2.11. The van der Waals surface area contributed by atoms with Gasteiger partial charge in [-0.25, -0.2) is 18.4 Å². The molecule has 2 N–H and O–H groups in total. The Morgan fingerprint density at radius 3 is 2.54 bits per heavy atom. The quantitative estimate of drug-likeness (QED) is 0.832. The van der Waals surface area contributed by atoms with Gasteiger partial charge in [0, 0.05) is 17.9 Å². The maximum absolute atomic E-state index is 12.3. The summed E-state index contributed by atoms with van der Waals surface area (Å²) >= 11 is 0. The number of hydrogen-bond acceptors (Lipinski definition) is 6. The van der Waals surface area contributed by atoms with Crippen LogP contribution < -0.4 is 10.6 Å². The van der Waals surface area contributed by atoms with Crippen LogP contribution in [0.25, 0.3) is 0 Å². The second kappa shape index (κ2) is 7.41. The number of aromatic nitrogens is 2. The Kier molecular flexibility index (Phi) is 5.22. The first kappa shape index (κ1) is 18.3. The Morgan fingerprint density at radius 1 is 1.19 bits per heavy atom. The Labute approximate surface area is 153 Å². The number of nitrogens with zero attached hydrogens (tertiary/aromatic N) is 2. The lowest BCUT2D eigenvalue weighted by molar-refractivity contribution is 0.0936. The van der Waals surface area contributed by atoms with Crippen LogP contribution in [0, 0.1) is 0 Å². The van der Waals surface area contributed by atoms with Gasteiger partial charge in [-0.15, -0.1) is 0 Å². The zero-order chi connectivity index (χ0) is 18.7. The van der Waals surface area contributed by atoms with E-state index >= 15 is 0 Å². The highest BCUT2D eigenvalue weighted by Crippen LogP contribution is 2.19. The predicted octanol–water partition coefficient (Wildman–Crippen LogP) is 2.26. The molecule has 1 amide bonds. The van der Waals surface area contributed by atoms with Gasteiger partial charge in [-0.05, 0) is 36.1 Å². The van der Waals surface area contributed by atoms with Gasteiger partial charge in [-0.2, -0.15) is 0 Å². The number of benzene rings is 1. The minimum atomic E-state index is -3.04. The molecule has 0 saturated carbocycles. The van der Waals surface area contributed by atoms with Crippen molar-refractivity contribution in [1.82, 2.24) is 15.3 Å². The maximum atomic E-state index is 12.3. The lowest BCUT2D eigenvalue weighted by atomic mass is 10.0. The smallest absolute Gasteiger partial charge is 0.270 e. The molecule has 0 spiro atoms. The summed E-state index contributed by atoms with van der Waals surface area (Å²) < 4.78 is 23.0. The Hall–Kier alpha value is -2.48. The summed E-state index contributed by atoms with van der Waals surface area (Å²) in [6.07, 6.45) is 1.94. The maximum Gasteiger partial charge on any atom is 0.270 e. The van der Waals surface area contributed by atoms with Crippen LogP contribution in [0.2, 0.25) is 0 Å². The van der Waals surface area contributed by atoms with E-state index in [1.54, 1.807) is 0 Å². The van der Waals surface area contributed by atoms with Gasteiger partial charge in [0.1, 0.15) is 5.69 Å². The Balaban J connectivity index is 1.67. The van der Waals surface area contributed by atoms with Crippen LogP contribution in [0.4, 0.5) is 11.6 Å². The van der Waals surface area contributed by atoms with E-state index in [4.69, 9.17) is 0 Å². The normalized spacial score (nSPS) is 18.7. The van der Waals surface area contributed by atoms with E-state index in [-0.39, 0.29) is 23.2 Å². The molecule has 3 rings (SSSR count). The zero-order valence-corrected chi connectivity index (χ0v) is 15.6. The van der Waals surface area contributed by atoms with Crippen LogP contribution in [0.1, 0.15) is 42.2 Å². The fourth-order valence-electron chi connectivity index (χ4n) is 2.79. The molecule has 0 aliphatic carbocycles. The number of nitrogens with one attached hydrogen (secondary N) is 2. The van der Waals surface area contributed by atoms with Crippen LogP contribution >= 0.6 is 0 Å². The van der Waals surface area contributed by atoms with E-state index in [1.165, 1.54) is 17.8 Å². The topological polar surface area (TPSA) is 101 Å². The van der Waals surface area contributed by atoms with E-state index < -0.39 is 15.7 Å². The van der Waals surface area contributed by atoms with Gasteiger partial charge in [0.2, 0.25) is 5.95 Å². The van der Waals surface area contributed by atoms with Crippen molar-refractivity contribution in [3.8, 4) is 0 Å². The summed E-state index contributed by atoms with van der Waals surface area (Å²) in [6, 6.07) is 9.09. The third-order valence-corrected chi connectivity index (χ3v) is 6.06. The number of sulfone groups is 1.